The Balaban J connectivity index is 2.24. The van der Waals surface area contributed by atoms with Crippen LogP contribution >= 0.6 is 0 Å². The van der Waals surface area contributed by atoms with Crippen molar-refractivity contribution in [1.82, 2.24) is 0 Å². The maximum atomic E-state index is 12.7. The first-order chi connectivity index (χ1) is 10.7. The van der Waals surface area contributed by atoms with Crippen molar-refractivity contribution in [1.29, 1.82) is 0 Å². The van der Waals surface area contributed by atoms with Gasteiger partial charge in [0.05, 0.1) is 0 Å². The highest BCUT2D eigenvalue weighted by atomic mass is 16.6. The molecule has 0 radical (unpaired) electrons. The van der Waals surface area contributed by atoms with Crippen LogP contribution in [0, 0.1) is 11.3 Å². The summed E-state index contributed by atoms with van der Waals surface area (Å²) in [7, 11) is 0. The number of benzene rings is 1. The van der Waals surface area contributed by atoms with Gasteiger partial charge in [0.15, 0.2) is 5.78 Å². The van der Waals surface area contributed by atoms with Crippen LogP contribution in [0.25, 0.3) is 0 Å². The van der Waals surface area contributed by atoms with Crippen LogP contribution in [0.15, 0.2) is 42.5 Å². The molecule has 124 valence electrons. The van der Waals surface area contributed by atoms with Crippen molar-refractivity contribution in [3.05, 3.63) is 48.0 Å². The first kappa shape index (κ1) is 17.5. The molecule has 1 fully saturated rings. The van der Waals surface area contributed by atoms with Gasteiger partial charge in [0, 0.05) is 0 Å². The molecule has 2 rings (SSSR count). The van der Waals surface area contributed by atoms with E-state index in [1.807, 2.05) is 39.0 Å². The minimum atomic E-state index is -1.17. The van der Waals surface area contributed by atoms with Gasteiger partial charge in [-0.2, -0.15) is 0 Å². The number of hydrogen-bond acceptors (Lipinski definition) is 3. The molecular weight excluding hydrogens is 288 g/mol. The molecule has 0 amide bonds. The molecule has 0 unspecified atom stereocenters. The summed E-state index contributed by atoms with van der Waals surface area (Å²) in [5.74, 6) is -0.473. The van der Waals surface area contributed by atoms with E-state index in [1.165, 1.54) is 12.5 Å². The first-order valence-corrected chi connectivity index (χ1v) is 8.14. The molecule has 3 heteroatoms. The van der Waals surface area contributed by atoms with E-state index in [1.54, 1.807) is 0 Å². The van der Waals surface area contributed by atoms with E-state index < -0.39 is 17.0 Å². The number of ketones is 1. The molecule has 0 spiro atoms. The molecule has 1 aromatic carbocycles. The van der Waals surface area contributed by atoms with Crippen LogP contribution in [-0.4, -0.2) is 17.4 Å². The summed E-state index contributed by atoms with van der Waals surface area (Å²) in [4.78, 5) is 25.1. The lowest BCUT2D eigenvalue weighted by Crippen LogP contribution is -2.42. The Labute approximate surface area is 138 Å². The molecule has 2 atom stereocenters. The normalized spacial score (nSPS) is 24.5. The predicted octanol–water partition coefficient (Wildman–Crippen LogP) is 4.11. The lowest BCUT2D eigenvalue weighted by molar-refractivity contribution is -0.167. The zero-order valence-electron chi connectivity index (χ0n) is 14.5. The predicted molar refractivity (Wildman–Crippen MR) is 91.0 cm³/mol. The Morgan fingerprint density at radius 3 is 2.39 bits per heavy atom. The average Bonchev–Trinajstić information content (AvgIpc) is 2.77. The second-order valence-corrected chi connectivity index (χ2v) is 7.41. The molecule has 0 heterocycles. The summed E-state index contributed by atoms with van der Waals surface area (Å²) in [6, 6.07) is 10.1. The summed E-state index contributed by atoms with van der Waals surface area (Å²) in [6.45, 7) is 11.1. The van der Waals surface area contributed by atoms with Crippen LogP contribution in [0.1, 0.15) is 46.1 Å². The highest BCUT2D eigenvalue weighted by Crippen LogP contribution is 2.49. The van der Waals surface area contributed by atoms with Gasteiger partial charge in [-0.3, -0.25) is 9.59 Å². The molecule has 0 N–H and O–H groups in total. The Morgan fingerprint density at radius 1 is 1.26 bits per heavy atom. The molecule has 1 aromatic rings. The van der Waals surface area contributed by atoms with Crippen LogP contribution in [0.2, 0.25) is 0 Å². The number of Topliss-reactive ketones (excluding diaryl/α,β-unsaturated/α-hetero) is 1. The third kappa shape index (κ3) is 3.54. The summed E-state index contributed by atoms with van der Waals surface area (Å²) >= 11 is 0. The zero-order chi connectivity index (χ0) is 17.3. The van der Waals surface area contributed by atoms with Crippen molar-refractivity contribution < 1.29 is 14.3 Å². The van der Waals surface area contributed by atoms with Gasteiger partial charge in [-0.1, -0.05) is 36.9 Å². The Morgan fingerprint density at radius 2 is 1.87 bits per heavy atom. The number of rotatable bonds is 4. The van der Waals surface area contributed by atoms with Gasteiger partial charge in [-0.25, -0.2) is 0 Å². The van der Waals surface area contributed by atoms with Gasteiger partial charge < -0.3 is 4.74 Å². The van der Waals surface area contributed by atoms with Gasteiger partial charge in [-0.05, 0) is 64.0 Å². The van der Waals surface area contributed by atoms with E-state index in [0.717, 1.165) is 12.8 Å². The van der Waals surface area contributed by atoms with E-state index in [-0.39, 0.29) is 11.7 Å². The van der Waals surface area contributed by atoms with E-state index in [0.29, 0.717) is 12.0 Å². The zero-order valence-corrected chi connectivity index (χ0v) is 14.5. The van der Waals surface area contributed by atoms with Crippen molar-refractivity contribution in [2.24, 2.45) is 11.3 Å². The number of esters is 1. The standard InChI is InChI=1S/C20H26O3/c1-14-17(13-16-9-7-6-8-10-16)11-12-20(14,15(2)21)18(22)23-19(3,4)5/h6-10,17H,1,11-13H2,2-5H3/t17-,20+/m0/s1. The highest BCUT2D eigenvalue weighted by molar-refractivity contribution is 6.06. The number of carbonyl (C=O) groups is 2. The largest absolute Gasteiger partial charge is 0.459 e. The fraction of sp³-hybridized carbons (Fsp3) is 0.500. The molecule has 23 heavy (non-hydrogen) atoms. The summed E-state index contributed by atoms with van der Waals surface area (Å²) in [6.07, 6.45) is 2.08. The van der Waals surface area contributed by atoms with Gasteiger partial charge in [-0.15, -0.1) is 0 Å². The fourth-order valence-corrected chi connectivity index (χ4v) is 3.34. The highest BCUT2D eigenvalue weighted by Gasteiger charge is 2.54. The molecule has 0 saturated heterocycles. The van der Waals surface area contributed by atoms with Gasteiger partial charge in [0.2, 0.25) is 0 Å². The van der Waals surface area contributed by atoms with Gasteiger partial charge >= 0.3 is 5.97 Å². The van der Waals surface area contributed by atoms with Crippen LogP contribution in [0.5, 0.6) is 0 Å². The molecule has 1 aliphatic rings. The van der Waals surface area contributed by atoms with E-state index in [2.05, 4.69) is 18.7 Å². The van der Waals surface area contributed by atoms with E-state index in [9.17, 15) is 9.59 Å². The minimum absolute atomic E-state index is 0.133. The van der Waals surface area contributed by atoms with Crippen molar-refractivity contribution in [2.45, 2.75) is 52.6 Å². The number of carbonyl (C=O) groups excluding carboxylic acids is 2. The SMILES string of the molecule is C=C1[C@H](Cc2ccccc2)CC[C@@]1(C(C)=O)C(=O)OC(C)(C)C. The smallest absolute Gasteiger partial charge is 0.324 e. The minimum Gasteiger partial charge on any atom is -0.459 e. The lowest BCUT2D eigenvalue weighted by atomic mass is 9.77. The van der Waals surface area contributed by atoms with E-state index in [4.69, 9.17) is 4.74 Å². The molecule has 0 aliphatic heterocycles. The summed E-state index contributed by atoms with van der Waals surface area (Å²) < 4.78 is 5.53. The quantitative estimate of drug-likeness (QED) is 0.477. The molecule has 1 aliphatic carbocycles. The topological polar surface area (TPSA) is 43.4 Å². The third-order valence-corrected chi connectivity index (χ3v) is 4.58. The molecular formula is C20H26O3. The van der Waals surface area contributed by atoms with Crippen LogP contribution < -0.4 is 0 Å². The number of ether oxygens (including phenoxy) is 1. The summed E-state index contributed by atoms with van der Waals surface area (Å²) in [5, 5.41) is 0. The van der Waals surface area contributed by atoms with Crippen LogP contribution in [0.4, 0.5) is 0 Å². The summed E-state index contributed by atoms with van der Waals surface area (Å²) in [5.41, 5.74) is 0.120. The van der Waals surface area contributed by atoms with Crippen molar-refractivity contribution >= 4 is 11.8 Å². The van der Waals surface area contributed by atoms with E-state index >= 15 is 0 Å². The maximum Gasteiger partial charge on any atom is 0.324 e. The molecule has 0 bridgehead atoms. The Kier molecular flexibility index (Phi) is 4.79. The first-order valence-electron chi connectivity index (χ1n) is 8.14. The second-order valence-electron chi connectivity index (χ2n) is 7.41. The van der Waals surface area contributed by atoms with Crippen molar-refractivity contribution in [2.75, 3.05) is 0 Å². The second kappa shape index (κ2) is 6.31. The van der Waals surface area contributed by atoms with Gasteiger partial charge in [0.1, 0.15) is 11.0 Å². The third-order valence-electron chi connectivity index (χ3n) is 4.58. The monoisotopic (exact) mass is 314 g/mol. The van der Waals surface area contributed by atoms with Gasteiger partial charge in [0.25, 0.3) is 0 Å². The molecule has 3 nitrogen and oxygen atoms in total. The molecule has 0 aromatic heterocycles. The maximum absolute atomic E-state index is 12.7. The molecule has 1 saturated carbocycles. The van der Waals surface area contributed by atoms with Crippen LogP contribution in [0.3, 0.4) is 0 Å². The Bertz CT molecular complexity index is 610. The number of hydrogen-bond donors (Lipinski definition) is 0. The van der Waals surface area contributed by atoms with Crippen LogP contribution in [-0.2, 0) is 20.7 Å². The lowest BCUT2D eigenvalue weighted by Gasteiger charge is -2.31. The van der Waals surface area contributed by atoms with Crippen molar-refractivity contribution in [3.8, 4) is 0 Å². The average molecular weight is 314 g/mol. The van der Waals surface area contributed by atoms with Crippen molar-refractivity contribution in [3.63, 3.8) is 0 Å². The fourth-order valence-electron chi connectivity index (χ4n) is 3.34. The Hall–Kier alpha value is -1.90.